The van der Waals surface area contributed by atoms with Gasteiger partial charge in [0.15, 0.2) is 5.78 Å². The standard InChI is InChI=1S/C22H21N3O3/c1-12(2)20(27)18-17(26)10-9-16-19(18)24-21(13(3)4)25(22(16)28)15-7-5-14(11-23)6-8-15/h5-10,12-13,26H,1-4H3. The molecule has 0 saturated carbocycles. The molecular weight excluding hydrogens is 354 g/mol. The number of hydrogen-bond acceptors (Lipinski definition) is 5. The van der Waals surface area contributed by atoms with Crippen LogP contribution >= 0.6 is 0 Å². The van der Waals surface area contributed by atoms with Crippen LogP contribution < -0.4 is 5.56 Å². The summed E-state index contributed by atoms with van der Waals surface area (Å²) in [6.45, 7) is 7.28. The van der Waals surface area contributed by atoms with Crippen LogP contribution in [0.5, 0.6) is 5.75 Å². The number of carbonyl (C=O) groups excluding carboxylic acids is 1. The summed E-state index contributed by atoms with van der Waals surface area (Å²) in [6, 6.07) is 11.6. The molecule has 142 valence electrons. The van der Waals surface area contributed by atoms with Gasteiger partial charge in [0, 0.05) is 11.8 Å². The van der Waals surface area contributed by atoms with Gasteiger partial charge in [-0.2, -0.15) is 5.26 Å². The van der Waals surface area contributed by atoms with Crippen LogP contribution in [-0.4, -0.2) is 20.4 Å². The molecule has 1 N–H and O–H groups in total. The monoisotopic (exact) mass is 375 g/mol. The average Bonchev–Trinajstić information content (AvgIpc) is 2.67. The van der Waals surface area contributed by atoms with E-state index in [2.05, 4.69) is 11.1 Å². The molecule has 0 amide bonds. The first-order chi connectivity index (χ1) is 13.3. The fraction of sp³-hybridized carbons (Fsp3) is 0.273. The summed E-state index contributed by atoms with van der Waals surface area (Å²) in [5.41, 5.74) is 1.06. The first-order valence-corrected chi connectivity index (χ1v) is 9.09. The molecule has 0 fully saturated rings. The van der Waals surface area contributed by atoms with Crippen molar-refractivity contribution in [3.8, 4) is 17.5 Å². The van der Waals surface area contributed by atoms with Crippen molar-refractivity contribution in [1.82, 2.24) is 9.55 Å². The molecule has 1 heterocycles. The molecule has 0 spiro atoms. The van der Waals surface area contributed by atoms with E-state index in [0.717, 1.165) is 0 Å². The van der Waals surface area contributed by atoms with E-state index in [9.17, 15) is 14.7 Å². The maximum Gasteiger partial charge on any atom is 0.266 e. The van der Waals surface area contributed by atoms with Gasteiger partial charge in [-0.3, -0.25) is 14.2 Å². The SMILES string of the molecule is CC(C)C(=O)c1c(O)ccc2c(=O)n(-c3ccc(C#N)cc3)c(C(C)C)nc12. The van der Waals surface area contributed by atoms with Crippen LogP contribution in [-0.2, 0) is 0 Å². The molecule has 0 unspecified atom stereocenters. The van der Waals surface area contributed by atoms with Gasteiger partial charge in [0.25, 0.3) is 5.56 Å². The number of carbonyl (C=O) groups is 1. The minimum absolute atomic E-state index is 0.0819. The summed E-state index contributed by atoms with van der Waals surface area (Å²) in [5.74, 6) is -0.422. The molecule has 3 aromatic rings. The van der Waals surface area contributed by atoms with Crippen molar-refractivity contribution in [1.29, 1.82) is 5.26 Å². The number of aromatic nitrogens is 2. The van der Waals surface area contributed by atoms with Crippen LogP contribution in [0.3, 0.4) is 0 Å². The highest BCUT2D eigenvalue weighted by atomic mass is 16.3. The third kappa shape index (κ3) is 3.16. The summed E-state index contributed by atoms with van der Waals surface area (Å²) in [4.78, 5) is 30.6. The highest BCUT2D eigenvalue weighted by Gasteiger charge is 2.23. The van der Waals surface area contributed by atoms with E-state index in [1.54, 1.807) is 38.1 Å². The molecule has 0 saturated heterocycles. The Labute approximate surface area is 162 Å². The molecule has 3 rings (SSSR count). The van der Waals surface area contributed by atoms with E-state index in [-0.39, 0.29) is 45.4 Å². The van der Waals surface area contributed by atoms with Gasteiger partial charge in [-0.15, -0.1) is 0 Å². The molecule has 0 radical (unpaired) electrons. The minimum Gasteiger partial charge on any atom is -0.507 e. The summed E-state index contributed by atoms with van der Waals surface area (Å²) in [7, 11) is 0. The van der Waals surface area contributed by atoms with E-state index in [4.69, 9.17) is 5.26 Å². The van der Waals surface area contributed by atoms with E-state index in [1.807, 2.05) is 13.8 Å². The molecule has 6 nitrogen and oxygen atoms in total. The topological polar surface area (TPSA) is 96.0 Å². The summed E-state index contributed by atoms with van der Waals surface area (Å²) < 4.78 is 1.49. The van der Waals surface area contributed by atoms with Crippen molar-refractivity contribution in [2.75, 3.05) is 0 Å². The molecule has 6 heteroatoms. The van der Waals surface area contributed by atoms with Crippen molar-refractivity contribution in [3.63, 3.8) is 0 Å². The van der Waals surface area contributed by atoms with E-state index >= 15 is 0 Å². The highest BCUT2D eigenvalue weighted by molar-refractivity contribution is 6.09. The van der Waals surface area contributed by atoms with Gasteiger partial charge in [-0.1, -0.05) is 27.7 Å². The Morgan fingerprint density at radius 3 is 2.29 bits per heavy atom. The van der Waals surface area contributed by atoms with E-state index < -0.39 is 0 Å². The second-order valence-corrected chi connectivity index (χ2v) is 7.30. The molecule has 1 aromatic heterocycles. The number of Topliss-reactive ketones (excluding diaryl/α,β-unsaturated/α-hetero) is 1. The van der Waals surface area contributed by atoms with Gasteiger partial charge in [0.05, 0.1) is 33.8 Å². The number of aromatic hydroxyl groups is 1. The Bertz CT molecular complexity index is 1170. The van der Waals surface area contributed by atoms with Gasteiger partial charge < -0.3 is 5.11 Å². The van der Waals surface area contributed by atoms with Crippen molar-refractivity contribution in [3.05, 3.63) is 63.7 Å². The largest absolute Gasteiger partial charge is 0.507 e. The van der Waals surface area contributed by atoms with Crippen LogP contribution in [0.1, 0.15) is 55.4 Å². The second kappa shape index (κ2) is 7.28. The lowest BCUT2D eigenvalue weighted by molar-refractivity contribution is 0.0938. The van der Waals surface area contributed by atoms with Crippen molar-refractivity contribution < 1.29 is 9.90 Å². The number of hydrogen-bond donors (Lipinski definition) is 1. The van der Waals surface area contributed by atoms with Gasteiger partial charge in [-0.05, 0) is 36.4 Å². The maximum atomic E-state index is 13.3. The number of ketones is 1. The Morgan fingerprint density at radius 1 is 1.11 bits per heavy atom. The predicted molar refractivity (Wildman–Crippen MR) is 107 cm³/mol. The Kier molecular flexibility index (Phi) is 5.02. The maximum absolute atomic E-state index is 13.3. The van der Waals surface area contributed by atoms with Crippen molar-refractivity contribution >= 4 is 16.7 Å². The van der Waals surface area contributed by atoms with Gasteiger partial charge in [0.1, 0.15) is 11.6 Å². The average molecular weight is 375 g/mol. The highest BCUT2D eigenvalue weighted by Crippen LogP contribution is 2.29. The first-order valence-electron chi connectivity index (χ1n) is 9.09. The summed E-state index contributed by atoms with van der Waals surface area (Å²) >= 11 is 0. The third-order valence-electron chi connectivity index (χ3n) is 4.59. The van der Waals surface area contributed by atoms with Crippen LogP contribution in [0.4, 0.5) is 0 Å². The Balaban J connectivity index is 2.41. The van der Waals surface area contributed by atoms with Crippen LogP contribution in [0, 0.1) is 17.2 Å². The number of benzene rings is 2. The smallest absolute Gasteiger partial charge is 0.266 e. The van der Waals surface area contributed by atoms with Crippen molar-refractivity contribution in [2.45, 2.75) is 33.6 Å². The number of nitriles is 1. The Morgan fingerprint density at radius 2 is 1.75 bits per heavy atom. The fourth-order valence-electron chi connectivity index (χ4n) is 3.11. The van der Waals surface area contributed by atoms with E-state index in [1.165, 1.54) is 16.7 Å². The number of fused-ring (bicyclic) bond motifs is 1. The van der Waals surface area contributed by atoms with Crippen LogP contribution in [0.2, 0.25) is 0 Å². The lowest BCUT2D eigenvalue weighted by atomic mass is 9.97. The molecule has 0 aliphatic rings. The number of nitrogens with zero attached hydrogens (tertiary/aromatic N) is 3. The third-order valence-corrected chi connectivity index (χ3v) is 4.59. The van der Waals surface area contributed by atoms with Crippen LogP contribution in [0.25, 0.3) is 16.6 Å². The second-order valence-electron chi connectivity index (χ2n) is 7.30. The number of phenolic OH excluding ortho intramolecular Hbond substituents is 1. The van der Waals surface area contributed by atoms with E-state index in [0.29, 0.717) is 17.1 Å². The molecule has 0 aliphatic carbocycles. The lowest BCUT2D eigenvalue weighted by Crippen LogP contribution is -2.25. The molecule has 28 heavy (non-hydrogen) atoms. The first kappa shape index (κ1) is 19.3. The summed E-state index contributed by atoms with van der Waals surface area (Å²) in [5, 5.41) is 19.6. The quantitative estimate of drug-likeness (QED) is 0.697. The van der Waals surface area contributed by atoms with Gasteiger partial charge >= 0.3 is 0 Å². The minimum atomic E-state index is -0.346. The predicted octanol–water partition coefficient (Wildman–Crippen LogP) is 3.93. The normalized spacial score (nSPS) is 11.2. The fourth-order valence-corrected chi connectivity index (χ4v) is 3.11. The molecular formula is C22H21N3O3. The number of rotatable bonds is 4. The number of phenols is 1. The van der Waals surface area contributed by atoms with Crippen LogP contribution in [0.15, 0.2) is 41.2 Å². The molecule has 0 aliphatic heterocycles. The summed E-state index contributed by atoms with van der Waals surface area (Å²) in [6.07, 6.45) is 0. The Hall–Kier alpha value is -3.46. The zero-order valence-corrected chi connectivity index (χ0v) is 16.2. The molecule has 0 bridgehead atoms. The van der Waals surface area contributed by atoms with Gasteiger partial charge in [-0.25, -0.2) is 4.98 Å². The molecule has 0 atom stereocenters. The zero-order chi connectivity index (χ0) is 20.6. The zero-order valence-electron chi connectivity index (χ0n) is 16.2. The van der Waals surface area contributed by atoms with Gasteiger partial charge in [0.2, 0.25) is 0 Å². The lowest BCUT2D eigenvalue weighted by Gasteiger charge is -2.18. The van der Waals surface area contributed by atoms with Crippen molar-refractivity contribution in [2.24, 2.45) is 5.92 Å². The molecule has 2 aromatic carbocycles.